The van der Waals surface area contributed by atoms with Gasteiger partial charge < -0.3 is 24.2 Å². The van der Waals surface area contributed by atoms with E-state index in [0.29, 0.717) is 5.69 Å². The average Bonchev–Trinajstić information content (AvgIpc) is 2.55. The summed E-state index contributed by atoms with van der Waals surface area (Å²) >= 11 is 5.88. The van der Waals surface area contributed by atoms with E-state index >= 15 is 0 Å². The molecule has 1 aromatic carbocycles. The van der Waals surface area contributed by atoms with E-state index in [0.717, 1.165) is 0 Å². The zero-order valence-electron chi connectivity index (χ0n) is 12.0. The van der Waals surface area contributed by atoms with E-state index in [4.69, 9.17) is 21.1 Å². The van der Waals surface area contributed by atoms with Crippen LogP contribution in [0.2, 0.25) is 5.02 Å². The van der Waals surface area contributed by atoms with Crippen LogP contribution in [0.25, 0.3) is 0 Å². The number of anilines is 1. The monoisotopic (exact) mass is 327 g/mol. The number of phenolic OH excluding ortho intramolecular Hbond substituents is 1. The highest BCUT2D eigenvalue weighted by molar-refractivity contribution is 6.32. The molecule has 0 spiro atoms. The smallest absolute Gasteiger partial charge is 0.355 e. The van der Waals surface area contributed by atoms with Gasteiger partial charge in [-0.05, 0) is 18.2 Å². The molecule has 1 aliphatic heterocycles. The summed E-state index contributed by atoms with van der Waals surface area (Å²) in [5.74, 6) is -1.48. The fourth-order valence-corrected chi connectivity index (χ4v) is 2.19. The number of carbonyl (C=O) groups is 2. The lowest BCUT2D eigenvalue weighted by molar-refractivity contribution is -0.140. The molecule has 0 unspecified atom stereocenters. The molecule has 0 aromatic heterocycles. The molecule has 22 heavy (non-hydrogen) atoms. The summed E-state index contributed by atoms with van der Waals surface area (Å²) in [7, 11) is 2.42. The minimum absolute atomic E-state index is 0.0161. The second-order valence-corrected chi connectivity index (χ2v) is 4.76. The zero-order chi connectivity index (χ0) is 16.3. The first-order valence-corrected chi connectivity index (χ1v) is 6.61. The Balaban J connectivity index is 2.54. The van der Waals surface area contributed by atoms with Crippen LogP contribution < -0.4 is 4.90 Å². The summed E-state index contributed by atoms with van der Waals surface area (Å²) in [6.07, 6.45) is 0. The van der Waals surface area contributed by atoms with Crippen LogP contribution in [0.5, 0.6) is 5.75 Å². The highest BCUT2D eigenvalue weighted by Gasteiger charge is 2.32. The summed E-state index contributed by atoms with van der Waals surface area (Å²) in [4.78, 5) is 25.3. The van der Waals surface area contributed by atoms with Gasteiger partial charge in [-0.25, -0.2) is 9.59 Å². The number of aromatic hydroxyl groups is 1. The van der Waals surface area contributed by atoms with Crippen molar-refractivity contribution in [2.45, 2.75) is 0 Å². The number of halogens is 1. The highest BCUT2D eigenvalue weighted by Crippen LogP contribution is 2.32. The molecular weight excluding hydrogens is 314 g/mol. The van der Waals surface area contributed by atoms with E-state index in [2.05, 4.69) is 4.74 Å². The number of benzene rings is 1. The van der Waals surface area contributed by atoms with Crippen LogP contribution in [0.15, 0.2) is 29.5 Å². The third-order valence-corrected chi connectivity index (χ3v) is 3.38. The average molecular weight is 328 g/mol. The minimum atomic E-state index is -0.701. The fraction of sp³-hybridized carbons (Fsp3) is 0.286. The Kier molecular flexibility index (Phi) is 4.89. The zero-order valence-corrected chi connectivity index (χ0v) is 12.7. The molecule has 0 bridgehead atoms. The normalized spacial score (nSPS) is 14.8. The number of rotatable bonds is 3. The molecule has 118 valence electrons. The predicted molar refractivity (Wildman–Crippen MR) is 77.5 cm³/mol. The number of hydrogen-bond acceptors (Lipinski definition) is 7. The molecule has 1 N–H and O–H groups in total. The van der Waals surface area contributed by atoms with Gasteiger partial charge in [0.1, 0.15) is 18.2 Å². The van der Waals surface area contributed by atoms with Crippen molar-refractivity contribution in [1.29, 1.82) is 0 Å². The van der Waals surface area contributed by atoms with E-state index in [1.807, 2.05) is 0 Å². The number of ether oxygens (including phenoxy) is 3. The van der Waals surface area contributed by atoms with E-state index in [-0.39, 0.29) is 35.4 Å². The first-order chi connectivity index (χ1) is 10.5. The third-order valence-electron chi connectivity index (χ3n) is 3.08. The van der Waals surface area contributed by atoms with Crippen molar-refractivity contribution in [2.75, 3.05) is 32.5 Å². The largest absolute Gasteiger partial charge is 0.506 e. The fourth-order valence-electron chi connectivity index (χ4n) is 2.01. The first kappa shape index (κ1) is 16.1. The van der Waals surface area contributed by atoms with Crippen LogP contribution in [0.3, 0.4) is 0 Å². The first-order valence-electron chi connectivity index (χ1n) is 6.23. The van der Waals surface area contributed by atoms with Gasteiger partial charge in [0.2, 0.25) is 0 Å². The summed E-state index contributed by atoms with van der Waals surface area (Å²) in [6, 6.07) is 4.36. The molecular formula is C14H14ClNO6. The Morgan fingerprint density at radius 2 is 1.95 bits per heavy atom. The van der Waals surface area contributed by atoms with Crippen molar-refractivity contribution < 1.29 is 28.9 Å². The molecule has 8 heteroatoms. The lowest BCUT2D eigenvalue weighted by Crippen LogP contribution is -2.38. The van der Waals surface area contributed by atoms with E-state index < -0.39 is 11.9 Å². The van der Waals surface area contributed by atoms with Crippen LogP contribution in [-0.4, -0.2) is 44.6 Å². The van der Waals surface area contributed by atoms with Crippen LogP contribution >= 0.6 is 11.6 Å². The van der Waals surface area contributed by atoms with Gasteiger partial charge in [0.25, 0.3) is 0 Å². The maximum Gasteiger partial charge on any atom is 0.355 e. The lowest BCUT2D eigenvalue weighted by atomic mass is 10.1. The van der Waals surface area contributed by atoms with Crippen LogP contribution in [-0.2, 0) is 23.8 Å². The van der Waals surface area contributed by atoms with E-state index in [1.54, 1.807) is 0 Å². The highest BCUT2D eigenvalue weighted by atomic mass is 35.5. The topological polar surface area (TPSA) is 85.3 Å². The standard InChI is InChI=1S/C14H14ClNO6/c1-20-13(18)9-6-22-7-16(12(9)14(19)21-2)8-3-4-11(17)10(15)5-8/h3-5,17H,6-7H2,1-2H3. The van der Waals surface area contributed by atoms with Gasteiger partial charge in [-0.2, -0.15) is 0 Å². The maximum absolute atomic E-state index is 12.1. The number of carbonyl (C=O) groups excluding carboxylic acids is 2. The molecule has 2 rings (SSSR count). The summed E-state index contributed by atoms with van der Waals surface area (Å²) in [5, 5.41) is 9.59. The molecule has 0 atom stereocenters. The van der Waals surface area contributed by atoms with Gasteiger partial charge in [0.15, 0.2) is 0 Å². The second kappa shape index (κ2) is 6.67. The Morgan fingerprint density at radius 3 is 2.55 bits per heavy atom. The lowest BCUT2D eigenvalue weighted by Gasteiger charge is -2.31. The van der Waals surface area contributed by atoms with E-state index in [1.165, 1.54) is 37.3 Å². The van der Waals surface area contributed by atoms with Crippen molar-refractivity contribution in [1.82, 2.24) is 0 Å². The molecule has 1 heterocycles. The Hall–Kier alpha value is -2.25. The van der Waals surface area contributed by atoms with Crippen LogP contribution in [0, 0.1) is 0 Å². The molecule has 1 aromatic rings. The number of hydrogen-bond donors (Lipinski definition) is 1. The van der Waals surface area contributed by atoms with Crippen molar-refractivity contribution in [3.8, 4) is 5.75 Å². The van der Waals surface area contributed by atoms with Crippen molar-refractivity contribution >= 4 is 29.2 Å². The Labute approximate surface area is 131 Å². The van der Waals surface area contributed by atoms with Gasteiger partial charge in [0, 0.05) is 5.69 Å². The maximum atomic E-state index is 12.1. The van der Waals surface area contributed by atoms with Crippen molar-refractivity contribution in [3.05, 3.63) is 34.5 Å². The van der Waals surface area contributed by atoms with Gasteiger partial charge in [-0.1, -0.05) is 11.6 Å². The molecule has 0 fully saturated rings. The molecule has 0 saturated carbocycles. The van der Waals surface area contributed by atoms with Crippen LogP contribution in [0.4, 0.5) is 5.69 Å². The van der Waals surface area contributed by atoms with E-state index in [9.17, 15) is 14.7 Å². The number of esters is 2. The molecule has 0 amide bonds. The molecule has 1 aliphatic rings. The van der Waals surface area contributed by atoms with Crippen molar-refractivity contribution in [3.63, 3.8) is 0 Å². The van der Waals surface area contributed by atoms with Crippen molar-refractivity contribution in [2.24, 2.45) is 0 Å². The number of phenols is 1. The van der Waals surface area contributed by atoms with Gasteiger partial charge in [-0.3, -0.25) is 0 Å². The summed E-state index contributed by atoms with van der Waals surface area (Å²) in [6.45, 7) is -0.0501. The number of nitrogens with zero attached hydrogens (tertiary/aromatic N) is 1. The quantitative estimate of drug-likeness (QED) is 0.841. The summed E-state index contributed by atoms with van der Waals surface area (Å²) < 4.78 is 14.7. The predicted octanol–water partition coefficient (Wildman–Crippen LogP) is 1.44. The second-order valence-electron chi connectivity index (χ2n) is 4.35. The van der Waals surface area contributed by atoms with Gasteiger partial charge >= 0.3 is 11.9 Å². The third kappa shape index (κ3) is 3.00. The molecule has 0 aliphatic carbocycles. The summed E-state index contributed by atoms with van der Waals surface area (Å²) in [5.41, 5.74) is 0.524. The van der Waals surface area contributed by atoms with Crippen LogP contribution in [0.1, 0.15) is 0 Å². The Bertz CT molecular complexity index is 642. The molecule has 7 nitrogen and oxygen atoms in total. The van der Waals surface area contributed by atoms with Gasteiger partial charge in [0.05, 0.1) is 31.4 Å². The minimum Gasteiger partial charge on any atom is -0.506 e. The van der Waals surface area contributed by atoms with Gasteiger partial charge in [-0.15, -0.1) is 0 Å². The Morgan fingerprint density at radius 1 is 1.27 bits per heavy atom. The SMILES string of the molecule is COC(=O)C1=C(C(=O)OC)N(c2ccc(O)c(Cl)c2)COC1. The number of methoxy groups -OCH3 is 2. The molecule has 0 radical (unpaired) electrons. The molecule has 0 saturated heterocycles.